The van der Waals surface area contributed by atoms with Crippen molar-refractivity contribution in [1.29, 1.82) is 0 Å². The third-order valence-corrected chi connectivity index (χ3v) is 7.72. The van der Waals surface area contributed by atoms with Gasteiger partial charge in [-0.25, -0.2) is 16.8 Å². The number of nitrogens with two attached hydrogens (primary N) is 1. The van der Waals surface area contributed by atoms with Crippen LogP contribution in [0.3, 0.4) is 0 Å². The molecule has 0 fully saturated rings. The summed E-state index contributed by atoms with van der Waals surface area (Å²) in [6.45, 7) is 4.68. The first kappa shape index (κ1) is 35.1. The predicted octanol–water partition coefficient (Wildman–Crippen LogP) is 3.02. The zero-order chi connectivity index (χ0) is 30.9. The summed E-state index contributed by atoms with van der Waals surface area (Å²) in [4.78, 5) is 23.5. The van der Waals surface area contributed by atoms with Crippen molar-refractivity contribution in [3.05, 3.63) is 54.1 Å². The Hall–Kier alpha value is -2.97. The number of carbonyl (C=O) groups is 2. The number of carbonyl (C=O) groups excluding carboxylic acids is 2. The highest BCUT2D eigenvalue weighted by atomic mass is 32.2. The van der Waals surface area contributed by atoms with Crippen LogP contribution < -0.4 is 16.4 Å². The fourth-order valence-electron chi connectivity index (χ4n) is 3.36. The molecule has 2 aromatic rings. The van der Waals surface area contributed by atoms with Gasteiger partial charge in [0, 0.05) is 18.3 Å². The monoisotopic (exact) mass is 607 g/mol. The molecule has 0 aliphatic rings. The highest BCUT2D eigenvalue weighted by molar-refractivity contribution is 7.90. The van der Waals surface area contributed by atoms with Crippen LogP contribution >= 0.6 is 0 Å². The minimum Gasteiger partial charge on any atom is -0.368 e. The Balaban J connectivity index is 0.00000120. The molecule has 0 aromatic heterocycles. The third-order valence-electron chi connectivity index (χ3n) is 5.54. The summed E-state index contributed by atoms with van der Waals surface area (Å²) in [6.07, 6.45) is -2.28. The number of alkyl halides is 3. The average Bonchev–Trinajstić information content (AvgIpc) is 2.83. The topological polar surface area (TPSA) is 152 Å². The van der Waals surface area contributed by atoms with E-state index in [0.29, 0.717) is 11.1 Å². The lowest BCUT2D eigenvalue weighted by molar-refractivity contribution is -0.161. The van der Waals surface area contributed by atoms with Gasteiger partial charge in [0.25, 0.3) is 0 Å². The lowest BCUT2D eigenvalue weighted by Gasteiger charge is -2.28. The van der Waals surface area contributed by atoms with Crippen LogP contribution in [-0.4, -0.2) is 65.7 Å². The summed E-state index contributed by atoms with van der Waals surface area (Å²) in [5.41, 5.74) is 6.15. The van der Waals surface area contributed by atoms with Gasteiger partial charge in [-0.15, -0.1) is 0 Å². The molecule has 4 N–H and O–H groups in total. The highest BCUT2D eigenvalue weighted by Gasteiger charge is 2.43. The SMILES string of the molecule is CC(C)CC(NC(c1ccc(-c2ccc(S(C)(=O)=O)cc2)cc1)C(F)(F)F)C(=O)NCC(N)=O.CCS(C)(=O)=O. The molecule has 2 aromatic carbocycles. The van der Waals surface area contributed by atoms with Gasteiger partial charge in [0.2, 0.25) is 11.8 Å². The van der Waals surface area contributed by atoms with E-state index in [1.165, 1.54) is 42.7 Å². The fraction of sp³-hybridized carbons (Fsp3) is 0.462. The number of amides is 2. The van der Waals surface area contributed by atoms with Crippen molar-refractivity contribution in [2.45, 2.75) is 50.3 Å². The molecule has 0 aliphatic heterocycles. The lowest BCUT2D eigenvalue weighted by atomic mass is 9.97. The molecular formula is C26H36F3N3O6S2. The van der Waals surface area contributed by atoms with Crippen LogP contribution in [0.5, 0.6) is 0 Å². The number of hydrogen-bond donors (Lipinski definition) is 3. The molecular weight excluding hydrogens is 571 g/mol. The van der Waals surface area contributed by atoms with Gasteiger partial charge >= 0.3 is 6.18 Å². The molecule has 0 spiro atoms. The maximum atomic E-state index is 13.9. The minimum absolute atomic E-state index is 0.0944. The summed E-state index contributed by atoms with van der Waals surface area (Å²) in [5, 5.41) is 4.65. The summed E-state index contributed by atoms with van der Waals surface area (Å²) in [5.74, 6) is -1.40. The van der Waals surface area contributed by atoms with Gasteiger partial charge in [-0.3, -0.25) is 14.9 Å². The van der Waals surface area contributed by atoms with Gasteiger partial charge in [0.05, 0.1) is 17.5 Å². The molecule has 224 valence electrons. The van der Waals surface area contributed by atoms with Gasteiger partial charge in [-0.05, 0) is 41.2 Å². The van der Waals surface area contributed by atoms with E-state index in [9.17, 15) is 39.6 Å². The van der Waals surface area contributed by atoms with Crippen LogP contribution in [-0.2, 0) is 29.3 Å². The van der Waals surface area contributed by atoms with Gasteiger partial charge in [-0.1, -0.05) is 57.2 Å². The highest BCUT2D eigenvalue weighted by Crippen LogP contribution is 2.34. The summed E-state index contributed by atoms with van der Waals surface area (Å²) in [6, 6.07) is 8.29. The number of sulfone groups is 2. The second kappa shape index (κ2) is 14.6. The van der Waals surface area contributed by atoms with Crippen molar-refractivity contribution < 1.29 is 39.6 Å². The van der Waals surface area contributed by atoms with E-state index in [2.05, 4.69) is 10.6 Å². The van der Waals surface area contributed by atoms with Crippen molar-refractivity contribution in [3.8, 4) is 11.1 Å². The second-order valence-electron chi connectivity index (χ2n) is 9.64. The molecule has 2 atom stereocenters. The molecule has 0 saturated carbocycles. The standard InChI is InChI=1S/C23H28F3N3O4S.C3H8O2S/c1-14(2)12-19(22(31)28-13-20(27)30)29-21(23(24,25)26)17-6-4-15(5-7-17)16-8-10-18(11-9-16)34(3,32)33;1-3-6(2,4)5/h4-11,14,19,21,29H,12-13H2,1-3H3,(H2,27,30)(H,28,31);3H2,1-2H3. The normalized spacial score (nSPS) is 13.6. The Kier molecular flexibility index (Phi) is 12.8. The first-order valence-corrected chi connectivity index (χ1v) is 16.2. The van der Waals surface area contributed by atoms with Crippen molar-refractivity contribution in [2.75, 3.05) is 24.8 Å². The van der Waals surface area contributed by atoms with E-state index >= 15 is 0 Å². The third kappa shape index (κ3) is 12.5. The molecule has 0 aliphatic carbocycles. The molecule has 9 nitrogen and oxygen atoms in total. The van der Waals surface area contributed by atoms with Crippen molar-refractivity contribution in [3.63, 3.8) is 0 Å². The molecule has 2 amide bonds. The van der Waals surface area contributed by atoms with Gasteiger partial charge in [0.1, 0.15) is 15.9 Å². The van der Waals surface area contributed by atoms with Crippen LogP contribution in [0.2, 0.25) is 0 Å². The quantitative estimate of drug-likeness (QED) is 0.355. The molecule has 0 radical (unpaired) electrons. The van der Waals surface area contributed by atoms with Crippen molar-refractivity contribution in [2.24, 2.45) is 11.7 Å². The Morgan fingerprint density at radius 1 is 0.900 bits per heavy atom. The second-order valence-corrected chi connectivity index (χ2v) is 14.1. The van der Waals surface area contributed by atoms with Crippen molar-refractivity contribution in [1.82, 2.24) is 10.6 Å². The smallest absolute Gasteiger partial charge is 0.368 e. The molecule has 0 bridgehead atoms. The number of hydrogen-bond acceptors (Lipinski definition) is 7. The van der Waals surface area contributed by atoms with Gasteiger partial charge in [0.15, 0.2) is 9.84 Å². The first-order valence-electron chi connectivity index (χ1n) is 12.2. The average molecular weight is 608 g/mol. The van der Waals surface area contributed by atoms with Crippen LogP contribution in [0.1, 0.15) is 38.8 Å². The van der Waals surface area contributed by atoms with Crippen LogP contribution in [0.4, 0.5) is 13.2 Å². The molecule has 40 heavy (non-hydrogen) atoms. The number of primary amides is 1. The predicted molar refractivity (Wildman–Crippen MR) is 148 cm³/mol. The summed E-state index contributed by atoms with van der Waals surface area (Å²) >= 11 is 0. The minimum atomic E-state index is -4.70. The Bertz CT molecular complexity index is 1340. The van der Waals surface area contributed by atoms with Gasteiger partial charge < -0.3 is 11.1 Å². The zero-order valence-corrected chi connectivity index (χ0v) is 24.6. The first-order chi connectivity index (χ1) is 18.2. The van der Waals surface area contributed by atoms with E-state index in [-0.39, 0.29) is 28.6 Å². The van der Waals surface area contributed by atoms with E-state index in [0.717, 1.165) is 6.26 Å². The summed E-state index contributed by atoms with van der Waals surface area (Å²) < 4.78 is 85.0. The van der Waals surface area contributed by atoms with Crippen LogP contribution in [0.15, 0.2) is 53.4 Å². The zero-order valence-electron chi connectivity index (χ0n) is 22.9. The van der Waals surface area contributed by atoms with Gasteiger partial charge in [-0.2, -0.15) is 13.2 Å². The van der Waals surface area contributed by atoms with Crippen molar-refractivity contribution >= 4 is 31.5 Å². The fourth-order valence-corrected chi connectivity index (χ4v) is 3.99. The number of halogens is 3. The van der Waals surface area contributed by atoms with E-state index < -0.39 is 56.3 Å². The van der Waals surface area contributed by atoms with E-state index in [1.807, 2.05) is 0 Å². The van der Waals surface area contributed by atoms with E-state index in [1.54, 1.807) is 32.9 Å². The molecule has 14 heteroatoms. The summed E-state index contributed by atoms with van der Waals surface area (Å²) in [7, 11) is -6.03. The largest absolute Gasteiger partial charge is 0.407 e. The lowest BCUT2D eigenvalue weighted by Crippen LogP contribution is -2.50. The van der Waals surface area contributed by atoms with E-state index in [4.69, 9.17) is 5.73 Å². The number of rotatable bonds is 11. The number of nitrogens with one attached hydrogen (secondary N) is 2. The Morgan fingerprint density at radius 2 is 1.35 bits per heavy atom. The van der Waals surface area contributed by atoms with Crippen LogP contribution in [0, 0.1) is 5.92 Å². The maximum Gasteiger partial charge on any atom is 0.407 e. The molecule has 0 heterocycles. The maximum absolute atomic E-state index is 13.9. The molecule has 2 rings (SSSR count). The number of benzene rings is 2. The Morgan fingerprint density at radius 3 is 1.70 bits per heavy atom. The molecule has 2 unspecified atom stereocenters. The Labute approximate surface area is 233 Å². The molecule has 0 saturated heterocycles. The van der Waals surface area contributed by atoms with Crippen LogP contribution in [0.25, 0.3) is 11.1 Å².